The first kappa shape index (κ1) is 22.1. The molecule has 4 rings (SSSR count). The van der Waals surface area contributed by atoms with Crippen LogP contribution in [0.1, 0.15) is 12.8 Å². The minimum atomic E-state index is -4.88. The Balaban J connectivity index is 1.49. The SMILES string of the molecule is CS(=O)(=O)c1ccc2c(ccn2-c2cc(OC3CCN(C(=O)C(F)(F)F)CC3)ncn2)c1. The summed E-state index contributed by atoms with van der Waals surface area (Å²) in [6, 6.07) is 8.14. The van der Waals surface area contributed by atoms with Crippen LogP contribution in [0.3, 0.4) is 0 Å². The molecule has 170 valence electrons. The van der Waals surface area contributed by atoms with Crippen molar-refractivity contribution in [3.05, 3.63) is 42.9 Å². The largest absolute Gasteiger partial charge is 0.474 e. The van der Waals surface area contributed by atoms with E-state index in [1.807, 2.05) is 0 Å². The first-order valence-electron chi connectivity index (χ1n) is 9.69. The van der Waals surface area contributed by atoms with Crippen molar-refractivity contribution >= 4 is 26.6 Å². The highest BCUT2D eigenvalue weighted by Crippen LogP contribution is 2.26. The van der Waals surface area contributed by atoms with Crippen LogP contribution in [0.2, 0.25) is 0 Å². The molecule has 3 heterocycles. The van der Waals surface area contributed by atoms with Gasteiger partial charge in [0.05, 0.1) is 10.4 Å². The fourth-order valence-electron chi connectivity index (χ4n) is 3.60. The molecule has 1 fully saturated rings. The van der Waals surface area contributed by atoms with E-state index >= 15 is 0 Å². The highest BCUT2D eigenvalue weighted by atomic mass is 32.2. The number of carbonyl (C=O) groups excluding carboxylic acids is 1. The predicted octanol–water partition coefficient (Wildman–Crippen LogP) is 2.76. The quantitative estimate of drug-likeness (QED) is 0.585. The number of ether oxygens (including phenoxy) is 1. The normalized spacial score (nSPS) is 15.8. The molecular weight excluding hydrogens is 449 g/mol. The Bertz CT molecular complexity index is 1270. The number of rotatable bonds is 4. The molecular formula is C20H19F3N4O4S. The van der Waals surface area contributed by atoms with Crippen LogP contribution in [-0.2, 0) is 14.6 Å². The molecule has 2 aromatic heterocycles. The average molecular weight is 468 g/mol. The zero-order chi connectivity index (χ0) is 23.1. The summed E-state index contributed by atoms with van der Waals surface area (Å²) in [5, 5.41) is 0.718. The number of amides is 1. The van der Waals surface area contributed by atoms with Crippen molar-refractivity contribution in [3.8, 4) is 11.7 Å². The number of aromatic nitrogens is 3. The van der Waals surface area contributed by atoms with E-state index < -0.39 is 21.9 Å². The molecule has 1 aliphatic heterocycles. The van der Waals surface area contributed by atoms with Gasteiger partial charge in [-0.2, -0.15) is 13.2 Å². The van der Waals surface area contributed by atoms with Gasteiger partial charge >= 0.3 is 12.1 Å². The predicted molar refractivity (Wildman–Crippen MR) is 108 cm³/mol. The first-order valence-corrected chi connectivity index (χ1v) is 11.6. The number of benzene rings is 1. The van der Waals surface area contributed by atoms with Crippen LogP contribution in [0.5, 0.6) is 5.88 Å². The molecule has 1 amide bonds. The van der Waals surface area contributed by atoms with Crippen molar-refractivity contribution < 1.29 is 31.1 Å². The molecule has 8 nitrogen and oxygen atoms in total. The maximum Gasteiger partial charge on any atom is 0.471 e. The number of halogens is 3. The molecule has 0 bridgehead atoms. The van der Waals surface area contributed by atoms with Crippen molar-refractivity contribution in [3.63, 3.8) is 0 Å². The van der Waals surface area contributed by atoms with Crippen LogP contribution in [-0.4, -0.2) is 65.4 Å². The molecule has 1 saturated heterocycles. The van der Waals surface area contributed by atoms with E-state index in [1.54, 1.807) is 35.0 Å². The molecule has 0 radical (unpaired) electrons. The smallest absolute Gasteiger partial charge is 0.471 e. The Morgan fingerprint density at radius 3 is 2.50 bits per heavy atom. The standard InChI is InChI=1S/C20H19F3N4O4S/c1-32(29,30)15-2-3-16-13(10-15)4-9-27(16)17-11-18(25-12-24-17)31-14-5-7-26(8-6-14)19(28)20(21,22)23/h2-4,9-12,14H,5-8H2,1H3. The maximum atomic E-state index is 12.6. The zero-order valence-electron chi connectivity index (χ0n) is 16.9. The Kier molecular flexibility index (Phi) is 5.57. The Labute approximate surface area is 181 Å². The van der Waals surface area contributed by atoms with Gasteiger partial charge in [0.15, 0.2) is 9.84 Å². The van der Waals surface area contributed by atoms with Gasteiger partial charge in [0.25, 0.3) is 0 Å². The third-order valence-corrected chi connectivity index (χ3v) is 6.33. The van der Waals surface area contributed by atoms with Crippen molar-refractivity contribution in [2.45, 2.75) is 30.0 Å². The van der Waals surface area contributed by atoms with Crippen LogP contribution in [0.4, 0.5) is 13.2 Å². The van der Waals surface area contributed by atoms with E-state index in [4.69, 9.17) is 4.74 Å². The highest BCUT2D eigenvalue weighted by Gasteiger charge is 2.43. The summed E-state index contributed by atoms with van der Waals surface area (Å²) in [4.78, 5) is 20.7. The first-order chi connectivity index (χ1) is 15.0. The fourth-order valence-corrected chi connectivity index (χ4v) is 4.26. The van der Waals surface area contributed by atoms with Gasteiger partial charge in [-0.3, -0.25) is 4.79 Å². The molecule has 0 atom stereocenters. The van der Waals surface area contributed by atoms with Crippen LogP contribution in [0.15, 0.2) is 47.8 Å². The van der Waals surface area contributed by atoms with Gasteiger partial charge in [0.2, 0.25) is 5.88 Å². The van der Waals surface area contributed by atoms with Crippen molar-refractivity contribution in [1.29, 1.82) is 0 Å². The van der Waals surface area contributed by atoms with Crippen LogP contribution >= 0.6 is 0 Å². The van der Waals surface area contributed by atoms with Crippen LogP contribution < -0.4 is 4.74 Å². The number of fused-ring (bicyclic) bond motifs is 1. The minimum Gasteiger partial charge on any atom is -0.474 e. The lowest BCUT2D eigenvalue weighted by Gasteiger charge is -2.32. The number of hydrogen-bond acceptors (Lipinski definition) is 6. The van der Waals surface area contributed by atoms with Crippen LogP contribution in [0.25, 0.3) is 16.7 Å². The molecule has 1 aromatic carbocycles. The molecule has 0 aliphatic carbocycles. The molecule has 1 aliphatic rings. The number of likely N-dealkylation sites (tertiary alicyclic amines) is 1. The molecule has 12 heteroatoms. The summed E-state index contributed by atoms with van der Waals surface area (Å²) in [5.74, 6) is -1.09. The maximum absolute atomic E-state index is 12.6. The Hall–Kier alpha value is -3.15. The summed E-state index contributed by atoms with van der Waals surface area (Å²) in [6.45, 7) is -0.0995. The van der Waals surface area contributed by atoms with Crippen LogP contribution in [0, 0.1) is 0 Å². The number of sulfone groups is 1. The molecule has 0 saturated carbocycles. The van der Waals surface area contributed by atoms with Gasteiger partial charge in [-0.15, -0.1) is 0 Å². The van der Waals surface area contributed by atoms with Gasteiger partial charge in [0, 0.05) is 49.8 Å². The third-order valence-electron chi connectivity index (χ3n) is 5.22. The number of piperidine rings is 1. The van der Waals surface area contributed by atoms with Crippen molar-refractivity contribution in [2.24, 2.45) is 0 Å². The van der Waals surface area contributed by atoms with E-state index in [-0.39, 0.29) is 42.8 Å². The fraction of sp³-hybridized carbons (Fsp3) is 0.350. The molecule has 32 heavy (non-hydrogen) atoms. The third kappa shape index (κ3) is 4.54. The Morgan fingerprint density at radius 2 is 1.84 bits per heavy atom. The number of nitrogens with zero attached hydrogens (tertiary/aromatic N) is 4. The molecule has 0 N–H and O–H groups in total. The Morgan fingerprint density at radius 1 is 1.12 bits per heavy atom. The van der Waals surface area contributed by atoms with Gasteiger partial charge < -0.3 is 14.2 Å². The second-order valence-corrected chi connectivity index (χ2v) is 9.52. The van der Waals surface area contributed by atoms with Gasteiger partial charge in [-0.1, -0.05) is 0 Å². The van der Waals surface area contributed by atoms with Crippen molar-refractivity contribution in [1.82, 2.24) is 19.4 Å². The summed E-state index contributed by atoms with van der Waals surface area (Å²) < 4.78 is 68.8. The van der Waals surface area contributed by atoms with Gasteiger partial charge in [-0.05, 0) is 24.3 Å². The summed E-state index contributed by atoms with van der Waals surface area (Å²) in [6.07, 6.45) is -0.564. The number of carbonyl (C=O) groups is 1. The second kappa shape index (κ2) is 8.08. The summed E-state index contributed by atoms with van der Waals surface area (Å²) in [7, 11) is -3.33. The molecule has 0 spiro atoms. The van der Waals surface area contributed by atoms with Gasteiger partial charge in [0.1, 0.15) is 18.2 Å². The van der Waals surface area contributed by atoms with Gasteiger partial charge in [-0.25, -0.2) is 18.4 Å². The lowest BCUT2D eigenvalue weighted by Crippen LogP contribution is -2.47. The van der Waals surface area contributed by atoms with Crippen molar-refractivity contribution in [2.75, 3.05) is 19.3 Å². The monoisotopic (exact) mass is 468 g/mol. The second-order valence-electron chi connectivity index (χ2n) is 7.50. The van der Waals surface area contributed by atoms with E-state index in [0.29, 0.717) is 5.82 Å². The summed E-state index contributed by atoms with van der Waals surface area (Å²) in [5.41, 5.74) is 0.737. The molecule has 3 aromatic rings. The van der Waals surface area contributed by atoms with E-state index in [9.17, 15) is 26.4 Å². The summed E-state index contributed by atoms with van der Waals surface area (Å²) >= 11 is 0. The van der Waals surface area contributed by atoms with E-state index in [0.717, 1.165) is 22.1 Å². The lowest BCUT2D eigenvalue weighted by molar-refractivity contribution is -0.187. The zero-order valence-corrected chi connectivity index (χ0v) is 17.7. The number of alkyl halides is 3. The minimum absolute atomic E-state index is 0.0497. The van der Waals surface area contributed by atoms with E-state index in [2.05, 4.69) is 9.97 Å². The average Bonchev–Trinajstić information content (AvgIpc) is 3.16. The molecule has 0 unspecified atom stereocenters. The van der Waals surface area contributed by atoms with E-state index in [1.165, 1.54) is 12.4 Å². The highest BCUT2D eigenvalue weighted by molar-refractivity contribution is 7.90. The topological polar surface area (TPSA) is 94.4 Å². The lowest BCUT2D eigenvalue weighted by atomic mass is 10.1. The number of hydrogen-bond donors (Lipinski definition) is 0.